The van der Waals surface area contributed by atoms with Gasteiger partial charge in [0.25, 0.3) is 5.91 Å². The Hall–Kier alpha value is -1.55. The van der Waals surface area contributed by atoms with Crippen LogP contribution in [-0.2, 0) is 4.74 Å². The molecule has 4 heteroatoms. The Morgan fingerprint density at radius 2 is 2.11 bits per heavy atom. The van der Waals surface area contributed by atoms with Crippen molar-refractivity contribution in [3.8, 4) is 0 Å². The highest BCUT2D eigenvalue weighted by Gasteiger charge is 2.20. The molecule has 1 amide bonds. The summed E-state index contributed by atoms with van der Waals surface area (Å²) in [5.74, 6) is 0.0383. The average Bonchev–Trinajstić information content (AvgIpc) is 2.38. The molecule has 0 fully saturated rings. The second-order valence-corrected chi connectivity index (χ2v) is 4.88. The van der Waals surface area contributed by atoms with E-state index in [0.29, 0.717) is 18.7 Å². The van der Waals surface area contributed by atoms with Gasteiger partial charge in [-0.3, -0.25) is 4.79 Å². The topological polar surface area (TPSA) is 41.6 Å². The van der Waals surface area contributed by atoms with Crippen molar-refractivity contribution in [2.24, 2.45) is 0 Å². The van der Waals surface area contributed by atoms with Gasteiger partial charge in [-0.2, -0.15) is 0 Å². The van der Waals surface area contributed by atoms with Crippen molar-refractivity contribution in [2.75, 3.05) is 32.6 Å². The fraction of sp³-hybridized carbons (Fsp3) is 0.533. The molecule has 106 valence electrons. The largest absolute Gasteiger partial charge is 0.387 e. The van der Waals surface area contributed by atoms with E-state index in [1.807, 2.05) is 50.9 Å². The summed E-state index contributed by atoms with van der Waals surface area (Å²) in [6, 6.07) is 5.98. The third-order valence-corrected chi connectivity index (χ3v) is 3.10. The zero-order valence-electron chi connectivity index (χ0n) is 12.5. The van der Waals surface area contributed by atoms with E-state index in [-0.39, 0.29) is 11.9 Å². The molecule has 1 aromatic carbocycles. The molecule has 0 saturated carbocycles. The van der Waals surface area contributed by atoms with Crippen LogP contribution in [0, 0.1) is 6.92 Å². The van der Waals surface area contributed by atoms with Crippen LogP contribution in [0.3, 0.4) is 0 Å². The molecule has 19 heavy (non-hydrogen) atoms. The van der Waals surface area contributed by atoms with Gasteiger partial charge in [0.2, 0.25) is 0 Å². The summed E-state index contributed by atoms with van der Waals surface area (Å²) in [4.78, 5) is 14.4. The third kappa shape index (κ3) is 3.96. The van der Waals surface area contributed by atoms with Crippen LogP contribution in [0.15, 0.2) is 18.2 Å². The van der Waals surface area contributed by atoms with Gasteiger partial charge in [-0.1, -0.05) is 6.07 Å². The Bertz CT molecular complexity index is 430. The Kier molecular flexibility index (Phi) is 5.83. The number of aryl methyl sites for hydroxylation is 1. The smallest absolute Gasteiger partial charge is 0.256 e. The van der Waals surface area contributed by atoms with Gasteiger partial charge in [-0.15, -0.1) is 0 Å². The van der Waals surface area contributed by atoms with Crippen LogP contribution >= 0.6 is 0 Å². The van der Waals surface area contributed by atoms with Crippen molar-refractivity contribution >= 4 is 11.6 Å². The van der Waals surface area contributed by atoms with Crippen LogP contribution < -0.4 is 5.32 Å². The van der Waals surface area contributed by atoms with Gasteiger partial charge in [0, 0.05) is 32.4 Å². The molecule has 0 aromatic heterocycles. The van der Waals surface area contributed by atoms with E-state index in [0.717, 1.165) is 11.3 Å². The Labute approximate surface area is 115 Å². The number of carbonyl (C=O) groups excluding carboxylic acids is 1. The molecule has 0 aliphatic carbocycles. The molecule has 1 N–H and O–H groups in total. The molecular formula is C15H24N2O2. The van der Waals surface area contributed by atoms with Gasteiger partial charge in [-0.05, 0) is 38.5 Å². The molecule has 0 unspecified atom stereocenters. The monoisotopic (exact) mass is 264 g/mol. The van der Waals surface area contributed by atoms with Crippen LogP contribution in [0.4, 0.5) is 5.69 Å². The van der Waals surface area contributed by atoms with Gasteiger partial charge in [0.15, 0.2) is 0 Å². The number of rotatable bonds is 6. The fourth-order valence-electron chi connectivity index (χ4n) is 1.99. The first kappa shape index (κ1) is 15.5. The van der Waals surface area contributed by atoms with Gasteiger partial charge >= 0.3 is 0 Å². The zero-order chi connectivity index (χ0) is 14.4. The lowest BCUT2D eigenvalue weighted by atomic mass is 10.1. The van der Waals surface area contributed by atoms with Crippen LogP contribution in [-0.4, -0.2) is 44.2 Å². The number of hydrogen-bond donors (Lipinski definition) is 1. The molecule has 0 spiro atoms. The van der Waals surface area contributed by atoms with E-state index in [2.05, 4.69) is 5.32 Å². The molecule has 0 saturated heterocycles. The molecule has 0 aliphatic heterocycles. The number of anilines is 1. The maximum absolute atomic E-state index is 12.6. The summed E-state index contributed by atoms with van der Waals surface area (Å²) in [7, 11) is 3.48. The second-order valence-electron chi connectivity index (χ2n) is 4.88. The quantitative estimate of drug-likeness (QED) is 0.858. The first-order valence-corrected chi connectivity index (χ1v) is 6.59. The van der Waals surface area contributed by atoms with Gasteiger partial charge in [-0.25, -0.2) is 0 Å². The maximum atomic E-state index is 12.6. The molecule has 1 aromatic rings. The van der Waals surface area contributed by atoms with E-state index >= 15 is 0 Å². The van der Waals surface area contributed by atoms with Crippen LogP contribution in [0.25, 0.3) is 0 Å². The van der Waals surface area contributed by atoms with Crippen molar-refractivity contribution in [1.82, 2.24) is 4.90 Å². The molecule has 0 aliphatic rings. The molecule has 0 bridgehead atoms. The highest BCUT2D eigenvalue weighted by molar-refractivity contribution is 5.99. The van der Waals surface area contributed by atoms with Crippen molar-refractivity contribution in [3.63, 3.8) is 0 Å². The Morgan fingerprint density at radius 3 is 2.63 bits per heavy atom. The number of nitrogens with one attached hydrogen (secondary N) is 1. The molecule has 0 atom stereocenters. The first-order valence-electron chi connectivity index (χ1n) is 6.59. The number of nitrogens with zero attached hydrogens (tertiary/aromatic N) is 1. The fourth-order valence-corrected chi connectivity index (χ4v) is 1.99. The molecule has 0 radical (unpaired) electrons. The van der Waals surface area contributed by atoms with Crippen molar-refractivity contribution in [2.45, 2.75) is 26.8 Å². The molecular weight excluding hydrogens is 240 g/mol. The van der Waals surface area contributed by atoms with E-state index in [9.17, 15) is 4.79 Å². The number of hydrogen-bond acceptors (Lipinski definition) is 3. The summed E-state index contributed by atoms with van der Waals surface area (Å²) in [6.07, 6.45) is 0. The van der Waals surface area contributed by atoms with Gasteiger partial charge in [0.1, 0.15) is 0 Å². The van der Waals surface area contributed by atoms with Crippen molar-refractivity contribution in [3.05, 3.63) is 29.3 Å². The van der Waals surface area contributed by atoms with Crippen LogP contribution in [0.5, 0.6) is 0 Å². The van der Waals surface area contributed by atoms with Crippen molar-refractivity contribution < 1.29 is 9.53 Å². The minimum absolute atomic E-state index is 0.0383. The number of carbonyl (C=O) groups is 1. The molecule has 4 nitrogen and oxygen atoms in total. The predicted molar refractivity (Wildman–Crippen MR) is 78.8 cm³/mol. The van der Waals surface area contributed by atoms with Gasteiger partial charge < -0.3 is 15.0 Å². The Balaban J connectivity index is 3.02. The second kappa shape index (κ2) is 7.14. The minimum Gasteiger partial charge on any atom is -0.387 e. The number of benzene rings is 1. The van der Waals surface area contributed by atoms with E-state index < -0.39 is 0 Å². The lowest BCUT2D eigenvalue weighted by Gasteiger charge is -2.27. The maximum Gasteiger partial charge on any atom is 0.256 e. The SMILES string of the molecule is CNc1cc(C)ccc1C(=O)N(CCOC)C(C)C. The van der Waals surface area contributed by atoms with Gasteiger partial charge in [0.05, 0.1) is 12.2 Å². The number of methoxy groups -OCH3 is 1. The number of ether oxygens (including phenoxy) is 1. The summed E-state index contributed by atoms with van der Waals surface area (Å²) < 4.78 is 5.07. The highest BCUT2D eigenvalue weighted by atomic mass is 16.5. The average molecular weight is 264 g/mol. The predicted octanol–water partition coefficient (Wildman–Crippen LogP) is 2.53. The first-order chi connectivity index (χ1) is 9.01. The molecule has 1 rings (SSSR count). The lowest BCUT2D eigenvalue weighted by Crippen LogP contribution is -2.39. The normalized spacial score (nSPS) is 10.6. The van der Waals surface area contributed by atoms with E-state index in [1.165, 1.54) is 0 Å². The lowest BCUT2D eigenvalue weighted by molar-refractivity contribution is 0.0636. The third-order valence-electron chi connectivity index (χ3n) is 3.10. The standard InChI is InChI=1S/C15H24N2O2/c1-11(2)17(8-9-19-5)15(18)13-7-6-12(3)10-14(13)16-4/h6-7,10-11,16H,8-9H2,1-5H3. The minimum atomic E-state index is 0.0383. The Morgan fingerprint density at radius 1 is 1.42 bits per heavy atom. The van der Waals surface area contributed by atoms with E-state index in [4.69, 9.17) is 4.74 Å². The van der Waals surface area contributed by atoms with Crippen LogP contribution in [0.2, 0.25) is 0 Å². The van der Waals surface area contributed by atoms with Crippen molar-refractivity contribution in [1.29, 1.82) is 0 Å². The van der Waals surface area contributed by atoms with Crippen LogP contribution in [0.1, 0.15) is 29.8 Å². The summed E-state index contributed by atoms with van der Waals surface area (Å²) >= 11 is 0. The number of amides is 1. The molecule has 0 heterocycles. The highest BCUT2D eigenvalue weighted by Crippen LogP contribution is 2.20. The van der Waals surface area contributed by atoms with E-state index in [1.54, 1.807) is 7.11 Å². The summed E-state index contributed by atoms with van der Waals surface area (Å²) in [5, 5.41) is 3.09. The summed E-state index contributed by atoms with van der Waals surface area (Å²) in [6.45, 7) is 7.19. The zero-order valence-corrected chi connectivity index (χ0v) is 12.5. The summed E-state index contributed by atoms with van der Waals surface area (Å²) in [5.41, 5.74) is 2.71.